The van der Waals surface area contributed by atoms with Gasteiger partial charge in [-0.05, 0) is 20.8 Å². The number of carbonyl (C=O) groups is 1. The van der Waals surface area contributed by atoms with E-state index in [0.29, 0.717) is 11.6 Å². The summed E-state index contributed by atoms with van der Waals surface area (Å²) in [6.07, 6.45) is 0. The molecule has 1 amide bonds. The van der Waals surface area contributed by atoms with Crippen molar-refractivity contribution >= 4 is 24.9 Å². The van der Waals surface area contributed by atoms with Crippen molar-refractivity contribution in [3.63, 3.8) is 0 Å². The Morgan fingerprint density at radius 3 is 2.19 bits per heavy atom. The van der Waals surface area contributed by atoms with Crippen LogP contribution in [0.5, 0.6) is 0 Å². The predicted molar refractivity (Wildman–Crippen MR) is 67.5 cm³/mol. The van der Waals surface area contributed by atoms with Crippen LogP contribution in [0.4, 0.5) is 0 Å². The second-order valence-corrected chi connectivity index (χ2v) is 8.58. The summed E-state index contributed by atoms with van der Waals surface area (Å²) in [6, 6.07) is 0.452. The Balaban J connectivity index is 4.56. The zero-order valence-electron chi connectivity index (χ0n) is 10.5. The second-order valence-electron chi connectivity index (χ2n) is 4.36. The third-order valence-corrected chi connectivity index (χ3v) is 5.95. The standard InChI is InChI=1S/C10H20ClNO3Si/c1-8(2)9(13)12-10(3,4)7-16(11,14-5)15-6/h1,7H2,2-6H3,(H,12,13). The summed E-state index contributed by atoms with van der Waals surface area (Å²) in [5, 5.41) is 2.83. The van der Waals surface area contributed by atoms with Crippen LogP contribution < -0.4 is 5.32 Å². The summed E-state index contributed by atoms with van der Waals surface area (Å²) < 4.78 is 10.3. The molecule has 0 aliphatic rings. The van der Waals surface area contributed by atoms with E-state index in [1.165, 1.54) is 14.2 Å². The Kier molecular flexibility index (Phi) is 5.68. The highest BCUT2D eigenvalue weighted by Gasteiger charge is 2.40. The average molecular weight is 266 g/mol. The van der Waals surface area contributed by atoms with Crippen LogP contribution in [0.15, 0.2) is 12.2 Å². The Bertz CT molecular complexity index is 277. The van der Waals surface area contributed by atoms with Gasteiger partial charge in [-0.15, -0.1) is 0 Å². The summed E-state index contributed by atoms with van der Waals surface area (Å²) in [7, 11) is 0.320. The summed E-state index contributed by atoms with van der Waals surface area (Å²) in [4.78, 5) is 11.5. The largest absolute Gasteiger partial charge is 0.445 e. The van der Waals surface area contributed by atoms with Gasteiger partial charge in [0.15, 0.2) is 0 Å². The summed E-state index contributed by atoms with van der Waals surface area (Å²) in [5.41, 5.74) is -0.0273. The van der Waals surface area contributed by atoms with Crippen molar-refractivity contribution in [2.24, 2.45) is 0 Å². The van der Waals surface area contributed by atoms with Crippen LogP contribution >= 0.6 is 11.1 Å². The molecule has 0 aliphatic heterocycles. The lowest BCUT2D eigenvalue weighted by molar-refractivity contribution is -0.118. The molecule has 4 nitrogen and oxygen atoms in total. The maximum atomic E-state index is 11.5. The fraction of sp³-hybridized carbons (Fsp3) is 0.700. The van der Waals surface area contributed by atoms with Gasteiger partial charge in [-0.25, -0.2) is 0 Å². The lowest BCUT2D eigenvalue weighted by Crippen LogP contribution is -2.50. The molecule has 0 aliphatic carbocycles. The second kappa shape index (κ2) is 5.81. The molecule has 0 unspecified atom stereocenters. The van der Waals surface area contributed by atoms with E-state index in [2.05, 4.69) is 11.9 Å². The van der Waals surface area contributed by atoms with E-state index in [-0.39, 0.29) is 5.91 Å². The molecule has 0 aromatic carbocycles. The smallest absolute Gasteiger partial charge is 0.386 e. The maximum Gasteiger partial charge on any atom is 0.445 e. The van der Waals surface area contributed by atoms with Crippen LogP contribution in [-0.4, -0.2) is 33.5 Å². The molecule has 0 radical (unpaired) electrons. The fourth-order valence-corrected chi connectivity index (χ4v) is 3.82. The van der Waals surface area contributed by atoms with E-state index in [1.807, 2.05) is 13.8 Å². The summed E-state index contributed by atoms with van der Waals surface area (Å²) >= 11 is 6.18. The molecule has 1 N–H and O–H groups in total. The number of amides is 1. The molecule has 0 spiro atoms. The van der Waals surface area contributed by atoms with Crippen molar-refractivity contribution in [1.29, 1.82) is 0 Å². The molecule has 0 saturated heterocycles. The van der Waals surface area contributed by atoms with E-state index < -0.39 is 13.4 Å². The minimum absolute atomic E-state index is 0.190. The van der Waals surface area contributed by atoms with Gasteiger partial charge >= 0.3 is 7.87 Å². The first-order valence-corrected chi connectivity index (χ1v) is 7.96. The predicted octanol–water partition coefficient (Wildman–Crippen LogP) is 1.93. The molecule has 16 heavy (non-hydrogen) atoms. The Morgan fingerprint density at radius 1 is 1.44 bits per heavy atom. The van der Waals surface area contributed by atoms with Gasteiger partial charge in [-0.3, -0.25) is 4.79 Å². The van der Waals surface area contributed by atoms with Gasteiger partial charge in [0.05, 0.1) is 0 Å². The highest BCUT2D eigenvalue weighted by Crippen LogP contribution is 2.25. The van der Waals surface area contributed by atoms with Crippen molar-refractivity contribution in [3.8, 4) is 0 Å². The van der Waals surface area contributed by atoms with Crippen LogP contribution in [0.2, 0.25) is 6.04 Å². The lowest BCUT2D eigenvalue weighted by atomic mass is 10.1. The maximum absolute atomic E-state index is 11.5. The van der Waals surface area contributed by atoms with Crippen LogP contribution in [0, 0.1) is 0 Å². The van der Waals surface area contributed by atoms with Crippen LogP contribution in [0.3, 0.4) is 0 Å². The highest BCUT2D eigenvalue weighted by atomic mass is 35.6. The zero-order chi connectivity index (χ0) is 13.0. The Morgan fingerprint density at radius 2 is 1.88 bits per heavy atom. The molecule has 0 aromatic heterocycles. The summed E-state index contributed by atoms with van der Waals surface area (Å²) in [6.45, 7) is 8.98. The van der Waals surface area contributed by atoms with E-state index in [1.54, 1.807) is 6.92 Å². The normalized spacial score (nSPS) is 12.4. The van der Waals surface area contributed by atoms with E-state index in [9.17, 15) is 4.79 Å². The third kappa shape index (κ3) is 5.11. The van der Waals surface area contributed by atoms with Gasteiger partial charge in [0.25, 0.3) is 0 Å². The van der Waals surface area contributed by atoms with E-state index in [0.717, 1.165) is 0 Å². The van der Waals surface area contributed by atoms with Gasteiger partial charge < -0.3 is 14.2 Å². The molecule has 0 bridgehead atoms. The minimum Gasteiger partial charge on any atom is -0.386 e. The third-order valence-electron chi connectivity index (χ3n) is 2.10. The first kappa shape index (κ1) is 15.6. The van der Waals surface area contributed by atoms with Crippen molar-refractivity contribution in [2.45, 2.75) is 32.4 Å². The lowest BCUT2D eigenvalue weighted by Gasteiger charge is -2.32. The van der Waals surface area contributed by atoms with Gasteiger partial charge in [-0.1, -0.05) is 17.7 Å². The Hall–Kier alpha value is -0.363. The molecule has 0 atom stereocenters. The molecule has 0 aromatic rings. The van der Waals surface area contributed by atoms with Crippen molar-refractivity contribution in [1.82, 2.24) is 5.32 Å². The quantitative estimate of drug-likeness (QED) is 0.454. The number of halogens is 1. The van der Waals surface area contributed by atoms with Crippen LogP contribution in [0.1, 0.15) is 20.8 Å². The number of carbonyl (C=O) groups excluding carboxylic acids is 1. The first-order chi connectivity index (χ1) is 7.16. The molecule has 94 valence electrons. The average Bonchev–Trinajstić information content (AvgIpc) is 2.16. The van der Waals surface area contributed by atoms with Gasteiger partial charge in [0, 0.05) is 31.4 Å². The molecule has 0 rings (SSSR count). The number of hydrogen-bond acceptors (Lipinski definition) is 3. The first-order valence-electron chi connectivity index (χ1n) is 4.93. The molecule has 0 fully saturated rings. The zero-order valence-corrected chi connectivity index (χ0v) is 12.3. The number of hydrogen-bond donors (Lipinski definition) is 1. The molecular formula is C10H20ClNO3Si. The Labute approximate surface area is 103 Å². The van der Waals surface area contributed by atoms with Crippen molar-refractivity contribution < 1.29 is 13.6 Å². The molecule has 6 heteroatoms. The van der Waals surface area contributed by atoms with Gasteiger partial charge in [-0.2, -0.15) is 0 Å². The fourth-order valence-electron chi connectivity index (χ4n) is 1.21. The van der Waals surface area contributed by atoms with Crippen molar-refractivity contribution in [3.05, 3.63) is 12.2 Å². The molecule has 0 heterocycles. The van der Waals surface area contributed by atoms with Crippen LogP contribution in [-0.2, 0) is 13.6 Å². The van der Waals surface area contributed by atoms with E-state index in [4.69, 9.17) is 19.9 Å². The molecular weight excluding hydrogens is 246 g/mol. The highest BCUT2D eigenvalue weighted by molar-refractivity contribution is 7.13. The summed E-state index contributed by atoms with van der Waals surface area (Å²) in [5.74, 6) is -0.190. The monoisotopic (exact) mass is 265 g/mol. The van der Waals surface area contributed by atoms with Crippen molar-refractivity contribution in [2.75, 3.05) is 14.2 Å². The minimum atomic E-state index is -2.71. The van der Waals surface area contributed by atoms with Crippen LogP contribution in [0.25, 0.3) is 0 Å². The van der Waals surface area contributed by atoms with Gasteiger partial charge in [0.1, 0.15) is 0 Å². The van der Waals surface area contributed by atoms with Gasteiger partial charge in [0.2, 0.25) is 5.91 Å². The number of nitrogens with one attached hydrogen (secondary N) is 1. The number of rotatable bonds is 6. The molecule has 0 saturated carbocycles. The SMILES string of the molecule is C=C(C)C(=O)NC(C)(C)C[Si](Cl)(OC)OC. The van der Waals surface area contributed by atoms with E-state index >= 15 is 0 Å². The topological polar surface area (TPSA) is 47.6 Å².